The third-order valence-electron chi connectivity index (χ3n) is 0.213. The third kappa shape index (κ3) is 12.2. The van der Waals surface area contributed by atoms with Crippen molar-refractivity contribution in [2.24, 2.45) is 0 Å². The zero-order chi connectivity index (χ0) is 7.71. The van der Waals surface area contributed by atoms with Crippen molar-refractivity contribution in [1.82, 2.24) is 0 Å². The van der Waals surface area contributed by atoms with E-state index in [1.165, 1.54) is 0 Å². The predicted molar refractivity (Wildman–Crippen MR) is 34.3 cm³/mol. The summed E-state index contributed by atoms with van der Waals surface area (Å²) >= 11 is 0. The first-order chi connectivity index (χ1) is 3.71. The van der Waals surface area contributed by atoms with Gasteiger partial charge in [0.25, 0.3) is 0 Å². The second-order valence-corrected chi connectivity index (χ2v) is 3.68. The smallest absolute Gasteiger partial charge is 1.00 e. The van der Waals surface area contributed by atoms with Crippen LogP contribution in [-0.4, -0.2) is 57.3 Å². The van der Waals surface area contributed by atoms with Gasteiger partial charge in [-0.25, -0.2) is 9.13 Å². The van der Waals surface area contributed by atoms with Gasteiger partial charge in [0.2, 0.25) is 0 Å². The monoisotopic (exact) mass is 221 g/mol. The quantitative estimate of drug-likeness (QED) is 0.353. The van der Waals surface area contributed by atoms with Crippen LogP contribution >= 0.6 is 15.6 Å². The summed E-state index contributed by atoms with van der Waals surface area (Å²) in [6.45, 7) is 0. The van der Waals surface area contributed by atoms with Gasteiger partial charge in [0.1, 0.15) is 0 Å². The third-order valence-corrected chi connectivity index (χ3v) is 1.91. The first-order valence-electron chi connectivity index (χ1n) is 1.53. The summed E-state index contributed by atoms with van der Waals surface area (Å²) in [7, 11) is -10.1. The van der Waals surface area contributed by atoms with Gasteiger partial charge in [-0.3, -0.25) is 0 Å². The van der Waals surface area contributed by atoms with Crippen LogP contribution in [0.2, 0.25) is 0 Å². The molecule has 60 valence electrons. The Kier molecular flexibility index (Phi) is 6.36. The maximum Gasteiger partial charge on any atom is 2.00 e. The van der Waals surface area contributed by atoms with Crippen LogP contribution in [0.4, 0.5) is 0 Å². The maximum atomic E-state index is 9.63. The van der Waals surface area contributed by atoms with Crippen molar-refractivity contribution in [3.63, 3.8) is 0 Å². The van der Waals surface area contributed by atoms with Crippen LogP contribution in [-0.2, 0) is 13.4 Å². The van der Waals surface area contributed by atoms with E-state index in [0.29, 0.717) is 0 Å². The van der Waals surface area contributed by atoms with Gasteiger partial charge in [0.15, 0.2) is 0 Å². The molecule has 0 amide bonds. The first-order valence-corrected chi connectivity index (χ1v) is 4.59. The molecule has 0 saturated heterocycles. The van der Waals surface area contributed by atoms with Crippen LogP contribution in [0, 0.1) is 0 Å². The van der Waals surface area contributed by atoms with Crippen LogP contribution < -0.4 is 0 Å². The predicted octanol–water partition coefficient (Wildman–Crippen LogP) is -0.855. The van der Waals surface area contributed by atoms with Crippen molar-refractivity contribution < 1.29 is 37.3 Å². The molecule has 0 aromatic heterocycles. The second kappa shape index (κ2) is 4.52. The van der Waals surface area contributed by atoms with Crippen molar-refractivity contribution in [2.75, 3.05) is 0 Å². The van der Waals surface area contributed by atoms with Crippen LogP contribution in [0.15, 0.2) is 0 Å². The van der Waals surface area contributed by atoms with E-state index in [-0.39, 0.29) is 42.0 Å². The van der Waals surface area contributed by atoms with Gasteiger partial charge in [0, 0.05) is 0 Å². The Morgan fingerprint density at radius 3 is 1.30 bits per heavy atom. The summed E-state index contributed by atoms with van der Waals surface area (Å²) in [4.78, 5) is 31.0. The summed E-state index contributed by atoms with van der Waals surface area (Å²) in [6.07, 6.45) is 0. The fourth-order valence-corrected chi connectivity index (χ4v) is 1.25. The molecule has 10 heavy (non-hydrogen) atoms. The zero-order valence-electron chi connectivity index (χ0n) is 7.62. The van der Waals surface area contributed by atoms with Gasteiger partial charge >= 0.3 is 54.8 Å². The number of hydrogen-bond acceptors (Lipinski definition) is 3. The molecule has 0 aliphatic rings. The Labute approximate surface area is 90.3 Å². The Bertz CT molecular complexity index is 162. The molecule has 0 heterocycles. The van der Waals surface area contributed by atoms with Crippen molar-refractivity contribution >= 4 is 53.4 Å². The minimum absolute atomic E-state index is 0. The Hall–Kier alpha value is 1.52. The van der Waals surface area contributed by atoms with Gasteiger partial charge < -0.3 is 22.4 Å². The van der Waals surface area contributed by atoms with Crippen molar-refractivity contribution in [2.45, 2.75) is 0 Å². The Balaban J connectivity index is -0.0000000533. The second-order valence-electron chi connectivity index (χ2n) is 1.06. The molecule has 4 N–H and O–H groups in total. The SMILES string of the molecule is O=P(O)(O)OP(=O)(O)O.[Ca+2].[H+].[H-].[H-]. The molecule has 7 nitrogen and oxygen atoms in total. The molecule has 0 atom stereocenters. The molecule has 0 aliphatic carbocycles. The molecule has 0 spiro atoms. The van der Waals surface area contributed by atoms with Gasteiger partial charge in [-0.2, -0.15) is 4.31 Å². The number of phosphoric acid groups is 2. The fraction of sp³-hybridized carbons (Fsp3) is 0. The average Bonchev–Trinajstić information content (AvgIpc) is 1.14. The fourth-order valence-electron chi connectivity index (χ4n) is 0.139. The number of hydrogen-bond donors (Lipinski definition) is 4. The van der Waals surface area contributed by atoms with E-state index in [9.17, 15) is 9.13 Å². The topological polar surface area (TPSA) is 124 Å². The average molecular weight is 221 g/mol. The molecule has 0 bridgehead atoms. The van der Waals surface area contributed by atoms with Crippen molar-refractivity contribution in [3.05, 3.63) is 0 Å². The summed E-state index contributed by atoms with van der Waals surface area (Å²) < 4.78 is 22.2. The molecule has 0 fully saturated rings. The van der Waals surface area contributed by atoms with E-state index in [1.807, 2.05) is 0 Å². The molecular formula is H7CaO7P2+. The van der Waals surface area contributed by atoms with Gasteiger partial charge in [0.05, 0.1) is 0 Å². The summed E-state index contributed by atoms with van der Waals surface area (Å²) in [6, 6.07) is 0. The molecule has 0 aromatic rings. The number of rotatable bonds is 2. The molecule has 0 unspecified atom stereocenters. The van der Waals surface area contributed by atoms with Crippen LogP contribution in [0.5, 0.6) is 0 Å². The van der Waals surface area contributed by atoms with Crippen molar-refractivity contribution in [1.29, 1.82) is 0 Å². The van der Waals surface area contributed by atoms with Gasteiger partial charge in [-0.05, 0) is 0 Å². The molecule has 0 rings (SSSR count). The normalized spacial score (nSPS) is 12.4. The summed E-state index contributed by atoms with van der Waals surface area (Å²) in [5.41, 5.74) is 0. The molecular weight excluding hydrogens is 214 g/mol. The molecule has 0 saturated carbocycles. The molecule has 0 aromatic carbocycles. The standard InChI is InChI=1S/Ca.H4O7P2.2H/c;1-8(2,3)7-9(4,5)6;;/h;(H2,1,2,3)(H2,4,5,6);;/q+2;;2*-1/p+1. The van der Waals surface area contributed by atoms with Crippen LogP contribution in [0.3, 0.4) is 0 Å². The Morgan fingerprint density at radius 1 is 1.10 bits per heavy atom. The van der Waals surface area contributed by atoms with Gasteiger partial charge in [-0.15, -0.1) is 0 Å². The van der Waals surface area contributed by atoms with E-state index in [1.54, 1.807) is 0 Å². The minimum atomic E-state index is -5.05. The largest absolute Gasteiger partial charge is 2.00 e. The Morgan fingerprint density at radius 2 is 1.30 bits per heavy atom. The van der Waals surface area contributed by atoms with E-state index >= 15 is 0 Å². The van der Waals surface area contributed by atoms with E-state index in [4.69, 9.17) is 19.6 Å². The maximum absolute atomic E-state index is 9.63. The molecule has 0 radical (unpaired) electrons. The van der Waals surface area contributed by atoms with Crippen LogP contribution in [0.1, 0.15) is 4.28 Å². The van der Waals surface area contributed by atoms with E-state index in [2.05, 4.69) is 4.31 Å². The van der Waals surface area contributed by atoms with E-state index in [0.717, 1.165) is 0 Å². The molecule has 0 aliphatic heterocycles. The molecule has 10 heteroatoms. The van der Waals surface area contributed by atoms with Gasteiger partial charge in [-0.1, -0.05) is 0 Å². The summed E-state index contributed by atoms with van der Waals surface area (Å²) in [5.74, 6) is 0. The summed E-state index contributed by atoms with van der Waals surface area (Å²) in [5, 5.41) is 0. The van der Waals surface area contributed by atoms with E-state index < -0.39 is 15.6 Å². The minimum Gasteiger partial charge on any atom is -1.00 e. The van der Waals surface area contributed by atoms with Crippen LogP contribution in [0.25, 0.3) is 0 Å². The zero-order valence-corrected chi connectivity index (χ0v) is 8.61. The first kappa shape index (κ1) is 14.1. The van der Waals surface area contributed by atoms with Crippen molar-refractivity contribution in [3.8, 4) is 0 Å².